The van der Waals surface area contributed by atoms with Crippen LogP contribution in [0.5, 0.6) is 0 Å². The largest absolute Gasteiger partial charge is 0.384 e. The van der Waals surface area contributed by atoms with E-state index in [0.717, 1.165) is 5.56 Å². The number of carbonyl (C=O) groups excluding carboxylic acids is 1. The monoisotopic (exact) mass is 177 g/mol. The fraction of sp³-hybridized carbons (Fsp3) is 0.111. The molecule has 3 N–H and O–H groups in total. The van der Waals surface area contributed by atoms with E-state index in [1.807, 2.05) is 6.07 Å². The Kier molecular flexibility index (Phi) is 3.03. The van der Waals surface area contributed by atoms with E-state index in [1.165, 1.54) is 6.08 Å². The van der Waals surface area contributed by atoms with Crippen molar-refractivity contribution >= 4 is 11.7 Å². The quantitative estimate of drug-likeness (QED) is 0.659. The summed E-state index contributed by atoms with van der Waals surface area (Å²) in [5.74, 6) is 0.274. The van der Waals surface area contributed by atoms with Crippen molar-refractivity contribution in [1.82, 2.24) is 10.3 Å². The Morgan fingerprint density at radius 2 is 2.46 bits per heavy atom. The predicted octanol–water partition coefficient (Wildman–Crippen LogP) is 0.466. The van der Waals surface area contributed by atoms with E-state index in [2.05, 4.69) is 16.9 Å². The van der Waals surface area contributed by atoms with E-state index in [4.69, 9.17) is 5.73 Å². The van der Waals surface area contributed by atoms with Crippen LogP contribution in [0.25, 0.3) is 0 Å². The van der Waals surface area contributed by atoms with E-state index in [1.54, 1.807) is 12.3 Å². The second-order valence-electron chi connectivity index (χ2n) is 2.51. The van der Waals surface area contributed by atoms with E-state index < -0.39 is 0 Å². The molecule has 1 aromatic heterocycles. The molecule has 4 heteroatoms. The van der Waals surface area contributed by atoms with Crippen molar-refractivity contribution in [2.24, 2.45) is 0 Å². The fourth-order valence-electron chi connectivity index (χ4n) is 0.802. The van der Waals surface area contributed by atoms with Gasteiger partial charge < -0.3 is 11.1 Å². The maximum Gasteiger partial charge on any atom is 0.243 e. The molecule has 0 aromatic carbocycles. The molecule has 0 spiro atoms. The van der Waals surface area contributed by atoms with Crippen molar-refractivity contribution in [3.05, 3.63) is 36.5 Å². The summed E-state index contributed by atoms with van der Waals surface area (Å²) in [5, 5.41) is 2.63. The van der Waals surface area contributed by atoms with E-state index >= 15 is 0 Å². The van der Waals surface area contributed by atoms with Crippen molar-refractivity contribution in [3.8, 4) is 0 Å². The molecule has 1 aromatic rings. The SMILES string of the molecule is C=CC(=O)NCc1ccc(N)nc1. The van der Waals surface area contributed by atoms with Gasteiger partial charge in [0.15, 0.2) is 0 Å². The van der Waals surface area contributed by atoms with Crippen LogP contribution in [-0.4, -0.2) is 10.9 Å². The summed E-state index contributed by atoms with van der Waals surface area (Å²) in [6.45, 7) is 3.78. The Morgan fingerprint density at radius 1 is 1.69 bits per heavy atom. The molecule has 4 nitrogen and oxygen atoms in total. The second kappa shape index (κ2) is 4.25. The molecule has 1 heterocycles. The number of carbonyl (C=O) groups is 1. The van der Waals surface area contributed by atoms with Gasteiger partial charge in [0.2, 0.25) is 5.91 Å². The zero-order valence-electron chi connectivity index (χ0n) is 7.16. The average Bonchev–Trinajstić information content (AvgIpc) is 2.16. The zero-order valence-corrected chi connectivity index (χ0v) is 7.16. The number of hydrogen-bond donors (Lipinski definition) is 2. The third kappa shape index (κ3) is 2.94. The van der Waals surface area contributed by atoms with Gasteiger partial charge in [0.25, 0.3) is 0 Å². The topological polar surface area (TPSA) is 68.0 Å². The number of nitrogens with two attached hydrogens (primary N) is 1. The molecular formula is C9H11N3O. The lowest BCUT2D eigenvalue weighted by atomic mass is 10.3. The van der Waals surface area contributed by atoms with Gasteiger partial charge in [-0.25, -0.2) is 4.98 Å². The molecule has 0 aliphatic carbocycles. The molecule has 0 fully saturated rings. The summed E-state index contributed by atoms with van der Waals surface area (Å²) >= 11 is 0. The Bertz CT molecular complexity index is 305. The molecule has 0 aliphatic rings. The molecule has 0 atom stereocenters. The van der Waals surface area contributed by atoms with E-state index in [-0.39, 0.29) is 5.91 Å². The summed E-state index contributed by atoms with van der Waals surface area (Å²) in [7, 11) is 0. The van der Waals surface area contributed by atoms with Gasteiger partial charge >= 0.3 is 0 Å². The first kappa shape index (κ1) is 9.25. The lowest BCUT2D eigenvalue weighted by molar-refractivity contribution is -0.116. The minimum absolute atomic E-state index is 0.197. The number of nitrogen functional groups attached to an aromatic ring is 1. The van der Waals surface area contributed by atoms with Gasteiger partial charge in [-0.3, -0.25) is 4.79 Å². The van der Waals surface area contributed by atoms with Crippen molar-refractivity contribution in [2.75, 3.05) is 5.73 Å². The normalized spacial score (nSPS) is 9.23. The van der Waals surface area contributed by atoms with Gasteiger partial charge in [0.1, 0.15) is 5.82 Å². The van der Waals surface area contributed by atoms with Gasteiger partial charge in [-0.1, -0.05) is 12.6 Å². The van der Waals surface area contributed by atoms with E-state index in [9.17, 15) is 4.79 Å². The molecular weight excluding hydrogens is 166 g/mol. The highest BCUT2D eigenvalue weighted by Crippen LogP contribution is 2.00. The van der Waals surface area contributed by atoms with Crippen LogP contribution in [-0.2, 0) is 11.3 Å². The minimum Gasteiger partial charge on any atom is -0.384 e. The Balaban J connectivity index is 2.50. The highest BCUT2D eigenvalue weighted by Gasteiger charge is 1.95. The smallest absolute Gasteiger partial charge is 0.243 e. The highest BCUT2D eigenvalue weighted by atomic mass is 16.1. The predicted molar refractivity (Wildman–Crippen MR) is 50.7 cm³/mol. The molecule has 68 valence electrons. The summed E-state index contributed by atoms with van der Waals surface area (Å²) < 4.78 is 0. The van der Waals surface area contributed by atoms with Gasteiger partial charge in [-0.05, 0) is 17.7 Å². The van der Waals surface area contributed by atoms with Crippen LogP contribution in [0, 0.1) is 0 Å². The van der Waals surface area contributed by atoms with Crippen molar-refractivity contribution < 1.29 is 4.79 Å². The zero-order chi connectivity index (χ0) is 9.68. The molecule has 0 aliphatic heterocycles. The first-order valence-corrected chi connectivity index (χ1v) is 3.83. The molecule has 0 radical (unpaired) electrons. The Morgan fingerprint density at radius 3 is 3.00 bits per heavy atom. The van der Waals surface area contributed by atoms with Gasteiger partial charge in [-0.2, -0.15) is 0 Å². The summed E-state index contributed by atoms with van der Waals surface area (Å²) in [6.07, 6.45) is 2.85. The lowest BCUT2D eigenvalue weighted by Gasteiger charge is -2.01. The third-order valence-corrected chi connectivity index (χ3v) is 1.50. The Hall–Kier alpha value is -1.84. The minimum atomic E-state index is -0.197. The molecule has 13 heavy (non-hydrogen) atoms. The van der Waals surface area contributed by atoms with E-state index in [0.29, 0.717) is 12.4 Å². The first-order valence-electron chi connectivity index (χ1n) is 3.83. The van der Waals surface area contributed by atoms with Crippen LogP contribution in [0.3, 0.4) is 0 Å². The molecule has 0 saturated carbocycles. The van der Waals surface area contributed by atoms with Gasteiger partial charge in [0.05, 0.1) is 0 Å². The van der Waals surface area contributed by atoms with Crippen molar-refractivity contribution in [1.29, 1.82) is 0 Å². The van der Waals surface area contributed by atoms with Crippen molar-refractivity contribution in [2.45, 2.75) is 6.54 Å². The van der Waals surface area contributed by atoms with Crippen LogP contribution in [0.2, 0.25) is 0 Å². The van der Waals surface area contributed by atoms with Crippen molar-refractivity contribution in [3.63, 3.8) is 0 Å². The fourth-order valence-corrected chi connectivity index (χ4v) is 0.802. The maximum absolute atomic E-state index is 10.8. The van der Waals surface area contributed by atoms with Crippen LogP contribution < -0.4 is 11.1 Å². The number of nitrogens with zero attached hydrogens (tertiary/aromatic N) is 1. The lowest BCUT2D eigenvalue weighted by Crippen LogP contribution is -2.19. The molecule has 0 unspecified atom stereocenters. The summed E-state index contributed by atoms with van der Waals surface area (Å²) in [6, 6.07) is 3.50. The van der Waals surface area contributed by atoms with Crippen LogP contribution in [0.4, 0.5) is 5.82 Å². The number of amides is 1. The maximum atomic E-state index is 10.8. The number of aromatic nitrogens is 1. The van der Waals surface area contributed by atoms with Crippen LogP contribution in [0.15, 0.2) is 31.0 Å². The highest BCUT2D eigenvalue weighted by molar-refractivity contribution is 5.86. The van der Waals surface area contributed by atoms with Gasteiger partial charge in [-0.15, -0.1) is 0 Å². The van der Waals surface area contributed by atoms with Gasteiger partial charge in [0, 0.05) is 12.7 Å². The molecule has 0 saturated heterocycles. The number of rotatable bonds is 3. The number of hydrogen-bond acceptors (Lipinski definition) is 3. The standard InChI is InChI=1S/C9H11N3O/c1-2-9(13)12-6-7-3-4-8(10)11-5-7/h2-5H,1,6H2,(H2,10,11)(H,12,13). The Labute approximate surface area is 76.5 Å². The number of pyridine rings is 1. The molecule has 0 bridgehead atoms. The average molecular weight is 177 g/mol. The van der Waals surface area contributed by atoms with Crippen LogP contribution in [0.1, 0.15) is 5.56 Å². The number of anilines is 1. The second-order valence-corrected chi connectivity index (χ2v) is 2.51. The summed E-state index contributed by atoms with van der Waals surface area (Å²) in [4.78, 5) is 14.7. The van der Waals surface area contributed by atoms with Crippen LogP contribution >= 0.6 is 0 Å². The first-order chi connectivity index (χ1) is 6.22. The summed E-state index contributed by atoms with van der Waals surface area (Å²) in [5.41, 5.74) is 6.30. The molecule has 1 amide bonds. The third-order valence-electron chi connectivity index (χ3n) is 1.50. The number of nitrogens with one attached hydrogen (secondary N) is 1. The molecule has 1 rings (SSSR count).